The lowest BCUT2D eigenvalue weighted by Gasteiger charge is -2.30. The van der Waals surface area contributed by atoms with Gasteiger partial charge in [-0.2, -0.15) is 0 Å². The van der Waals surface area contributed by atoms with Crippen LogP contribution in [0.2, 0.25) is 0 Å². The molecule has 3 N–H and O–H groups in total. The molecule has 3 amide bonds. The van der Waals surface area contributed by atoms with E-state index in [1.165, 1.54) is 36.9 Å². The smallest absolute Gasteiger partial charge is 0.268 e. The molecule has 1 fully saturated rings. The number of nitrogens with zero attached hydrogens (tertiary/aromatic N) is 1. The second-order valence-corrected chi connectivity index (χ2v) is 10.3. The summed E-state index contributed by atoms with van der Waals surface area (Å²) >= 11 is 0. The molecule has 9 heteroatoms. The SMILES string of the molecule is C#C[C@@H]1C[C@@]2(CN1C(=O)C(CC(C)(C)F)NC(=O)c1cc3cccc(F)c3[nH]1)C(=O)Nc1ccccc12. The number of nitrogens with one attached hydrogen (secondary N) is 3. The van der Waals surface area contributed by atoms with Crippen molar-refractivity contribution in [3.05, 3.63) is 65.6 Å². The third kappa shape index (κ3) is 4.22. The number of likely N-dealkylation sites (tertiary alicyclic amines) is 1. The highest BCUT2D eigenvalue weighted by atomic mass is 19.1. The van der Waals surface area contributed by atoms with Crippen molar-refractivity contribution in [1.82, 2.24) is 15.2 Å². The van der Waals surface area contributed by atoms with Gasteiger partial charge < -0.3 is 20.5 Å². The number of benzene rings is 2. The van der Waals surface area contributed by atoms with E-state index in [1.807, 2.05) is 12.1 Å². The van der Waals surface area contributed by atoms with E-state index >= 15 is 0 Å². The Morgan fingerprint density at radius 1 is 1.27 bits per heavy atom. The van der Waals surface area contributed by atoms with Crippen LogP contribution >= 0.6 is 0 Å². The first-order chi connectivity index (χ1) is 17.5. The molecule has 3 aromatic rings. The highest BCUT2D eigenvalue weighted by molar-refractivity contribution is 6.07. The molecule has 0 saturated carbocycles. The first-order valence-electron chi connectivity index (χ1n) is 12.0. The normalized spacial score (nSPS) is 21.5. The number of hydrogen-bond donors (Lipinski definition) is 3. The molecule has 1 saturated heterocycles. The van der Waals surface area contributed by atoms with Gasteiger partial charge in [-0.15, -0.1) is 6.42 Å². The third-order valence-corrected chi connectivity index (χ3v) is 7.10. The zero-order valence-corrected chi connectivity index (χ0v) is 20.4. The first kappa shape index (κ1) is 24.5. The van der Waals surface area contributed by atoms with Crippen LogP contribution in [0.1, 0.15) is 42.7 Å². The number of terminal acetylenes is 1. The summed E-state index contributed by atoms with van der Waals surface area (Å²) in [5.74, 6) is 0.545. The van der Waals surface area contributed by atoms with E-state index in [9.17, 15) is 23.2 Å². The van der Waals surface area contributed by atoms with Gasteiger partial charge in [0.25, 0.3) is 5.91 Å². The first-order valence-corrected chi connectivity index (χ1v) is 12.0. The number of aromatic amines is 1. The summed E-state index contributed by atoms with van der Waals surface area (Å²) in [5.41, 5.74) is -1.23. The minimum absolute atomic E-state index is 0.000229. The second-order valence-electron chi connectivity index (χ2n) is 10.3. The second kappa shape index (κ2) is 8.73. The zero-order chi connectivity index (χ0) is 26.5. The summed E-state index contributed by atoms with van der Waals surface area (Å²) in [6.45, 7) is 2.62. The molecule has 0 bridgehead atoms. The molecule has 1 spiro atoms. The third-order valence-electron chi connectivity index (χ3n) is 7.10. The zero-order valence-electron chi connectivity index (χ0n) is 20.4. The molecule has 5 rings (SSSR count). The fourth-order valence-electron chi connectivity index (χ4n) is 5.38. The van der Waals surface area contributed by atoms with E-state index in [-0.39, 0.29) is 36.5 Å². The number of hydrogen-bond acceptors (Lipinski definition) is 3. The summed E-state index contributed by atoms with van der Waals surface area (Å²) < 4.78 is 28.9. The Morgan fingerprint density at radius 3 is 2.73 bits per heavy atom. The van der Waals surface area contributed by atoms with Crippen LogP contribution < -0.4 is 10.6 Å². The fraction of sp³-hybridized carbons (Fsp3) is 0.321. The standard InChI is InChI=1S/C28H26F2N4O3/c1-4-17-13-28(18-9-5-6-11-20(18)33-26(28)37)15-34(17)25(36)22(14-27(2,3)30)32-24(35)21-12-16-8-7-10-19(29)23(16)31-21/h1,5-12,17,22,31H,13-15H2,2-3H3,(H,32,35)(H,33,37)/t17-,22?,28+/m1/s1. The van der Waals surface area contributed by atoms with Crippen molar-refractivity contribution in [3.63, 3.8) is 0 Å². The molecule has 7 nitrogen and oxygen atoms in total. The van der Waals surface area contributed by atoms with Crippen molar-refractivity contribution in [3.8, 4) is 12.3 Å². The molecule has 3 heterocycles. The van der Waals surface area contributed by atoms with Gasteiger partial charge in [0.05, 0.1) is 17.0 Å². The molecule has 2 aliphatic heterocycles. The Kier molecular flexibility index (Phi) is 5.78. The Morgan fingerprint density at radius 2 is 2.03 bits per heavy atom. The van der Waals surface area contributed by atoms with E-state index in [0.29, 0.717) is 11.1 Å². The van der Waals surface area contributed by atoms with Crippen LogP contribution in [0.5, 0.6) is 0 Å². The van der Waals surface area contributed by atoms with Crippen molar-refractivity contribution < 1.29 is 23.2 Å². The molecule has 2 aliphatic rings. The van der Waals surface area contributed by atoms with Crippen LogP contribution in [0.4, 0.5) is 14.5 Å². The lowest BCUT2D eigenvalue weighted by atomic mass is 9.79. The molecule has 3 atom stereocenters. The number of amides is 3. The largest absolute Gasteiger partial charge is 0.348 e. The van der Waals surface area contributed by atoms with Crippen molar-refractivity contribution in [2.45, 2.75) is 49.9 Å². The molecular formula is C28H26F2N4O3. The minimum Gasteiger partial charge on any atom is -0.348 e. The number of H-pyrrole nitrogens is 1. The minimum atomic E-state index is -1.81. The highest BCUT2D eigenvalue weighted by Gasteiger charge is 2.56. The number of halogens is 2. The van der Waals surface area contributed by atoms with Crippen molar-refractivity contribution in [2.24, 2.45) is 0 Å². The van der Waals surface area contributed by atoms with Crippen LogP contribution in [-0.2, 0) is 15.0 Å². The molecule has 37 heavy (non-hydrogen) atoms. The van der Waals surface area contributed by atoms with E-state index in [2.05, 4.69) is 21.5 Å². The molecule has 190 valence electrons. The van der Waals surface area contributed by atoms with Gasteiger partial charge in [-0.25, -0.2) is 8.78 Å². The van der Waals surface area contributed by atoms with E-state index in [4.69, 9.17) is 6.42 Å². The Bertz CT molecular complexity index is 1470. The average Bonchev–Trinajstić information content (AvgIpc) is 3.53. The lowest BCUT2D eigenvalue weighted by molar-refractivity contribution is -0.134. The monoisotopic (exact) mass is 504 g/mol. The Balaban J connectivity index is 1.44. The summed E-state index contributed by atoms with van der Waals surface area (Å²) in [6, 6.07) is 11.1. The molecule has 0 aliphatic carbocycles. The summed E-state index contributed by atoms with van der Waals surface area (Å²) in [7, 11) is 0. The molecule has 1 unspecified atom stereocenters. The summed E-state index contributed by atoms with van der Waals surface area (Å²) in [4.78, 5) is 44.1. The number of fused-ring (bicyclic) bond motifs is 3. The number of carbonyl (C=O) groups is 3. The quantitative estimate of drug-likeness (QED) is 0.463. The molecule has 2 aromatic carbocycles. The highest BCUT2D eigenvalue weighted by Crippen LogP contribution is 2.46. The predicted octanol–water partition coefficient (Wildman–Crippen LogP) is 3.67. The number of para-hydroxylation sites is 2. The maximum Gasteiger partial charge on any atom is 0.268 e. The lowest BCUT2D eigenvalue weighted by Crippen LogP contribution is -2.52. The topological polar surface area (TPSA) is 94.3 Å². The Hall–Kier alpha value is -4.19. The number of alkyl halides is 1. The van der Waals surface area contributed by atoms with Gasteiger partial charge in [-0.1, -0.05) is 36.3 Å². The maximum absolute atomic E-state index is 14.8. The molecular weight excluding hydrogens is 478 g/mol. The maximum atomic E-state index is 14.8. The number of anilines is 1. The van der Waals surface area contributed by atoms with Crippen molar-refractivity contribution in [2.75, 3.05) is 11.9 Å². The number of carbonyl (C=O) groups excluding carboxylic acids is 3. The van der Waals surface area contributed by atoms with E-state index in [0.717, 1.165) is 5.56 Å². The van der Waals surface area contributed by atoms with Crippen LogP contribution in [0.15, 0.2) is 48.5 Å². The molecule has 0 radical (unpaired) electrons. The van der Waals surface area contributed by atoms with Gasteiger partial charge in [0, 0.05) is 24.0 Å². The predicted molar refractivity (Wildman–Crippen MR) is 135 cm³/mol. The van der Waals surface area contributed by atoms with Crippen molar-refractivity contribution >= 4 is 34.3 Å². The van der Waals surface area contributed by atoms with Crippen LogP contribution in [-0.4, -0.2) is 51.9 Å². The van der Waals surface area contributed by atoms with Gasteiger partial charge in [-0.3, -0.25) is 14.4 Å². The Labute approximate surface area is 212 Å². The average molecular weight is 505 g/mol. The van der Waals surface area contributed by atoms with Crippen LogP contribution in [0, 0.1) is 18.2 Å². The van der Waals surface area contributed by atoms with Gasteiger partial charge in [-0.05, 0) is 44.0 Å². The van der Waals surface area contributed by atoms with Crippen molar-refractivity contribution in [1.29, 1.82) is 0 Å². The van der Waals surface area contributed by atoms with Gasteiger partial charge >= 0.3 is 0 Å². The molecule has 1 aromatic heterocycles. The van der Waals surface area contributed by atoms with Gasteiger partial charge in [0.1, 0.15) is 23.2 Å². The summed E-state index contributed by atoms with van der Waals surface area (Å²) in [5, 5.41) is 5.96. The van der Waals surface area contributed by atoms with Crippen LogP contribution in [0.25, 0.3) is 10.9 Å². The van der Waals surface area contributed by atoms with Crippen LogP contribution in [0.3, 0.4) is 0 Å². The van der Waals surface area contributed by atoms with Gasteiger partial charge in [0.15, 0.2) is 0 Å². The van der Waals surface area contributed by atoms with E-state index in [1.54, 1.807) is 18.2 Å². The number of aromatic nitrogens is 1. The van der Waals surface area contributed by atoms with Gasteiger partial charge in [0.2, 0.25) is 11.8 Å². The van der Waals surface area contributed by atoms with E-state index < -0.39 is 40.8 Å². The summed E-state index contributed by atoms with van der Waals surface area (Å²) in [6.07, 6.45) is 5.66. The fourth-order valence-corrected chi connectivity index (χ4v) is 5.38. The number of rotatable bonds is 5.